The smallest absolute Gasteiger partial charge is 0.122 e. The van der Waals surface area contributed by atoms with Crippen molar-refractivity contribution in [1.82, 2.24) is 5.32 Å². The molecule has 0 spiro atoms. The van der Waals surface area contributed by atoms with Crippen LogP contribution in [-0.2, 0) is 0 Å². The number of allylic oxidation sites excluding steroid dienone is 1. The Bertz CT molecular complexity index is 267. The zero-order valence-corrected chi connectivity index (χ0v) is 10.8. The van der Waals surface area contributed by atoms with E-state index in [0.29, 0.717) is 0 Å². The van der Waals surface area contributed by atoms with Gasteiger partial charge in [0.25, 0.3) is 0 Å². The molecular weight excluding hydrogens is 186 g/mol. The Kier molecular flexibility index (Phi) is 5.90. The van der Waals surface area contributed by atoms with Crippen molar-refractivity contribution < 1.29 is 0 Å². The summed E-state index contributed by atoms with van der Waals surface area (Å²) in [6, 6.07) is 0. The molecule has 0 unspecified atom stereocenters. The second-order valence-corrected chi connectivity index (χ2v) is 4.49. The summed E-state index contributed by atoms with van der Waals surface area (Å²) in [6.07, 6.45) is 4.81. The Hall–Kier alpha value is -1.12. The first-order valence-electron chi connectivity index (χ1n) is 5.35. The lowest BCUT2D eigenvalue weighted by atomic mass is 10.1. The Balaban J connectivity index is 4.53. The number of rotatable bonds is 3. The highest BCUT2D eigenvalue weighted by Gasteiger charge is 2.10. The van der Waals surface area contributed by atoms with Gasteiger partial charge in [-0.2, -0.15) is 0 Å². The van der Waals surface area contributed by atoms with E-state index in [1.807, 2.05) is 19.2 Å². The normalized spacial score (nSPS) is 14.8. The van der Waals surface area contributed by atoms with E-state index in [9.17, 15) is 0 Å². The zero-order chi connectivity index (χ0) is 11.9. The largest absolute Gasteiger partial charge is 0.366 e. The van der Waals surface area contributed by atoms with Gasteiger partial charge in [-0.05, 0) is 34.1 Å². The number of nitrogens with zero attached hydrogens (tertiary/aromatic N) is 2. The molecule has 15 heavy (non-hydrogen) atoms. The van der Waals surface area contributed by atoms with Crippen LogP contribution in [0.1, 0.15) is 41.0 Å². The van der Waals surface area contributed by atoms with E-state index in [4.69, 9.17) is 0 Å². The van der Waals surface area contributed by atoms with Crippen molar-refractivity contribution in [2.75, 3.05) is 7.05 Å². The van der Waals surface area contributed by atoms with Gasteiger partial charge in [0.05, 0.1) is 0 Å². The molecule has 0 radical (unpaired) electrons. The molecule has 0 saturated heterocycles. The van der Waals surface area contributed by atoms with Crippen molar-refractivity contribution in [2.24, 2.45) is 9.98 Å². The van der Waals surface area contributed by atoms with Crippen LogP contribution in [0, 0.1) is 0 Å². The molecule has 3 nitrogen and oxygen atoms in total. The number of aliphatic imine (C=N–C) groups is 2. The molecule has 86 valence electrons. The van der Waals surface area contributed by atoms with Crippen LogP contribution in [0.4, 0.5) is 0 Å². The summed E-state index contributed by atoms with van der Waals surface area (Å²) < 4.78 is 0. The molecule has 0 aromatic carbocycles. The summed E-state index contributed by atoms with van der Waals surface area (Å²) >= 11 is 0. The van der Waals surface area contributed by atoms with Gasteiger partial charge in [0.15, 0.2) is 0 Å². The van der Waals surface area contributed by atoms with Gasteiger partial charge in [-0.15, -0.1) is 0 Å². The van der Waals surface area contributed by atoms with Crippen molar-refractivity contribution >= 4 is 12.1 Å². The third kappa shape index (κ3) is 7.91. The van der Waals surface area contributed by atoms with E-state index < -0.39 is 0 Å². The van der Waals surface area contributed by atoms with Crippen LogP contribution in [0.3, 0.4) is 0 Å². The number of hydrogen-bond acceptors (Lipinski definition) is 2. The number of nitrogens with one attached hydrogen (secondary N) is 1. The van der Waals surface area contributed by atoms with E-state index in [0.717, 1.165) is 18.0 Å². The van der Waals surface area contributed by atoms with Gasteiger partial charge >= 0.3 is 0 Å². The van der Waals surface area contributed by atoms with Crippen LogP contribution in [0.5, 0.6) is 0 Å². The predicted molar refractivity (Wildman–Crippen MR) is 68.8 cm³/mol. The average molecular weight is 209 g/mol. The van der Waals surface area contributed by atoms with Crippen LogP contribution in [0.2, 0.25) is 0 Å². The fourth-order valence-corrected chi connectivity index (χ4v) is 1.01. The van der Waals surface area contributed by atoms with Crippen molar-refractivity contribution in [3.05, 3.63) is 11.8 Å². The number of amidine groups is 1. The maximum Gasteiger partial charge on any atom is 0.122 e. The van der Waals surface area contributed by atoms with E-state index >= 15 is 0 Å². The molecule has 0 fully saturated rings. The molecule has 0 aliphatic rings. The third-order valence-electron chi connectivity index (χ3n) is 1.57. The third-order valence-corrected chi connectivity index (χ3v) is 1.57. The summed E-state index contributed by atoms with van der Waals surface area (Å²) in [5.74, 6) is 0.869. The van der Waals surface area contributed by atoms with Gasteiger partial charge in [0, 0.05) is 30.6 Å². The van der Waals surface area contributed by atoms with Gasteiger partial charge in [0.1, 0.15) is 5.84 Å². The van der Waals surface area contributed by atoms with Crippen molar-refractivity contribution in [3.8, 4) is 0 Å². The monoisotopic (exact) mass is 209 g/mol. The molecule has 0 aliphatic carbocycles. The quantitative estimate of drug-likeness (QED) is 0.563. The molecule has 0 rings (SSSR count). The Morgan fingerprint density at radius 2 is 1.93 bits per heavy atom. The number of hydrogen-bond donors (Lipinski definition) is 1. The Morgan fingerprint density at radius 1 is 1.33 bits per heavy atom. The van der Waals surface area contributed by atoms with Gasteiger partial charge < -0.3 is 5.32 Å². The predicted octanol–water partition coefficient (Wildman–Crippen LogP) is 2.79. The highest BCUT2D eigenvalue weighted by molar-refractivity contribution is 5.94. The van der Waals surface area contributed by atoms with Crippen LogP contribution in [0.25, 0.3) is 0 Å². The van der Waals surface area contributed by atoms with Crippen molar-refractivity contribution in [1.29, 1.82) is 0 Å². The van der Waals surface area contributed by atoms with Crippen LogP contribution < -0.4 is 5.32 Å². The lowest BCUT2D eigenvalue weighted by Crippen LogP contribution is -2.39. The summed E-state index contributed by atoms with van der Waals surface area (Å²) in [6.45, 7) is 10.4. The van der Waals surface area contributed by atoms with Crippen molar-refractivity contribution in [2.45, 2.75) is 46.6 Å². The first-order chi connectivity index (χ1) is 6.89. The zero-order valence-electron chi connectivity index (χ0n) is 10.8. The fraction of sp³-hybridized carbons (Fsp3) is 0.667. The first kappa shape index (κ1) is 13.9. The Morgan fingerprint density at radius 3 is 2.33 bits per heavy atom. The maximum atomic E-state index is 4.28. The minimum atomic E-state index is 0.0279. The molecule has 0 bridgehead atoms. The van der Waals surface area contributed by atoms with E-state index in [1.165, 1.54) is 0 Å². The molecule has 0 heterocycles. The summed E-state index contributed by atoms with van der Waals surface area (Å²) in [4.78, 5) is 8.45. The van der Waals surface area contributed by atoms with Gasteiger partial charge in [-0.25, -0.2) is 0 Å². The molecule has 0 atom stereocenters. The van der Waals surface area contributed by atoms with E-state index in [-0.39, 0.29) is 5.54 Å². The summed E-state index contributed by atoms with van der Waals surface area (Å²) in [7, 11) is 1.78. The molecule has 0 saturated carbocycles. The average Bonchev–Trinajstić information content (AvgIpc) is 2.11. The molecule has 0 aromatic heterocycles. The summed E-state index contributed by atoms with van der Waals surface area (Å²) in [5, 5.41) is 3.31. The topological polar surface area (TPSA) is 36.8 Å². The van der Waals surface area contributed by atoms with Crippen molar-refractivity contribution in [3.63, 3.8) is 0 Å². The molecule has 0 aliphatic heterocycles. The van der Waals surface area contributed by atoms with Gasteiger partial charge in [-0.1, -0.05) is 6.92 Å². The van der Waals surface area contributed by atoms with Gasteiger partial charge in [0.2, 0.25) is 0 Å². The maximum absolute atomic E-state index is 4.28. The van der Waals surface area contributed by atoms with E-state index in [2.05, 4.69) is 43.0 Å². The molecule has 1 N–H and O–H groups in total. The highest BCUT2D eigenvalue weighted by Crippen LogP contribution is 2.01. The molecule has 0 amide bonds. The fourth-order valence-electron chi connectivity index (χ4n) is 1.01. The SMILES string of the molecule is CC/C=N/C(C)=C\C(=N/C)NC(C)(C)C. The molecule has 3 heteroatoms. The second-order valence-electron chi connectivity index (χ2n) is 4.49. The minimum absolute atomic E-state index is 0.0279. The van der Waals surface area contributed by atoms with Gasteiger partial charge in [-0.3, -0.25) is 9.98 Å². The summed E-state index contributed by atoms with van der Waals surface area (Å²) in [5.41, 5.74) is 0.995. The van der Waals surface area contributed by atoms with Crippen LogP contribution in [-0.4, -0.2) is 24.6 Å². The first-order valence-corrected chi connectivity index (χ1v) is 5.35. The Labute approximate surface area is 93.4 Å². The molecular formula is C12H23N3. The van der Waals surface area contributed by atoms with Crippen LogP contribution >= 0.6 is 0 Å². The highest BCUT2D eigenvalue weighted by atomic mass is 15.0. The second kappa shape index (κ2) is 6.38. The van der Waals surface area contributed by atoms with E-state index in [1.54, 1.807) is 7.05 Å². The lowest BCUT2D eigenvalue weighted by molar-refractivity contribution is 0.512. The van der Waals surface area contributed by atoms with Crippen LogP contribution in [0.15, 0.2) is 21.8 Å². The standard InChI is InChI=1S/C12H23N3/c1-7-8-14-10(2)9-11(13-6)15-12(3,4)5/h8-9H,7H2,1-6H3,(H,13,15)/b10-9-,14-8+. The molecule has 0 aromatic rings. The minimum Gasteiger partial charge on any atom is -0.366 e. The lowest BCUT2D eigenvalue weighted by Gasteiger charge is -2.21.